The van der Waals surface area contributed by atoms with E-state index in [-0.39, 0.29) is 5.92 Å². The third kappa shape index (κ3) is 5.11. The van der Waals surface area contributed by atoms with Gasteiger partial charge in [0.2, 0.25) is 0 Å². The molecule has 2 aliphatic carbocycles. The van der Waals surface area contributed by atoms with Gasteiger partial charge in [0.15, 0.2) is 0 Å². The fourth-order valence-corrected chi connectivity index (χ4v) is 5.18. The van der Waals surface area contributed by atoms with Crippen molar-refractivity contribution in [1.29, 1.82) is 0 Å². The number of carboxylic acid groups (broad SMARTS) is 1. The molecule has 2 fully saturated rings. The standard InChI is InChI=1S/C24H36O2/c1-2-3-4-5-18-6-8-19(9-7-18)20-10-12-21(13-11-20)22-14-16-23(17-15-22)24(25)26/h10-13,18-19,22-23H,2-9,14-17H2,1H3,(H,25,26)/t18-,19-,22-,23-. The molecular formula is C24H36O2. The molecule has 0 heterocycles. The van der Waals surface area contributed by atoms with Crippen LogP contribution in [0.4, 0.5) is 0 Å². The Labute approximate surface area is 159 Å². The summed E-state index contributed by atoms with van der Waals surface area (Å²) >= 11 is 0. The fraction of sp³-hybridized carbons (Fsp3) is 0.708. The third-order valence-corrected chi connectivity index (χ3v) is 7.02. The van der Waals surface area contributed by atoms with Gasteiger partial charge in [-0.3, -0.25) is 4.79 Å². The summed E-state index contributed by atoms with van der Waals surface area (Å²) in [6, 6.07) is 9.38. The van der Waals surface area contributed by atoms with Gasteiger partial charge in [0, 0.05) is 0 Å². The van der Waals surface area contributed by atoms with E-state index in [9.17, 15) is 4.79 Å². The van der Waals surface area contributed by atoms with Gasteiger partial charge in [0.05, 0.1) is 5.92 Å². The molecule has 0 aromatic heterocycles. The summed E-state index contributed by atoms with van der Waals surface area (Å²) in [7, 11) is 0. The van der Waals surface area contributed by atoms with Crippen LogP contribution in [0.5, 0.6) is 0 Å². The normalized spacial score (nSPS) is 29.4. The van der Waals surface area contributed by atoms with Gasteiger partial charge >= 0.3 is 5.97 Å². The average Bonchev–Trinajstić information content (AvgIpc) is 2.69. The molecule has 0 bridgehead atoms. The maximum atomic E-state index is 11.1. The Hall–Kier alpha value is -1.31. The van der Waals surface area contributed by atoms with Crippen LogP contribution in [-0.4, -0.2) is 11.1 Å². The van der Waals surface area contributed by atoms with Crippen molar-refractivity contribution in [2.24, 2.45) is 11.8 Å². The number of carboxylic acids is 1. The lowest BCUT2D eigenvalue weighted by atomic mass is 9.76. The first-order valence-electron chi connectivity index (χ1n) is 11.0. The quantitative estimate of drug-likeness (QED) is 0.539. The molecule has 0 radical (unpaired) electrons. The Balaban J connectivity index is 1.47. The molecule has 0 amide bonds. The number of rotatable bonds is 7. The fourth-order valence-electron chi connectivity index (χ4n) is 5.18. The molecular weight excluding hydrogens is 320 g/mol. The SMILES string of the molecule is CCCCC[C@H]1CC[C@H](c2ccc([C@H]3CC[C@H](C(=O)O)CC3)cc2)CC1. The summed E-state index contributed by atoms with van der Waals surface area (Å²) in [6.07, 6.45) is 14.9. The van der Waals surface area contributed by atoms with Crippen LogP contribution in [0.3, 0.4) is 0 Å². The van der Waals surface area contributed by atoms with E-state index in [4.69, 9.17) is 5.11 Å². The number of aliphatic carboxylic acids is 1. The molecule has 0 atom stereocenters. The van der Waals surface area contributed by atoms with Crippen LogP contribution >= 0.6 is 0 Å². The monoisotopic (exact) mass is 356 g/mol. The van der Waals surface area contributed by atoms with Crippen LogP contribution in [-0.2, 0) is 4.79 Å². The Morgan fingerprint density at radius 2 is 1.35 bits per heavy atom. The van der Waals surface area contributed by atoms with Crippen molar-refractivity contribution in [3.63, 3.8) is 0 Å². The first-order chi connectivity index (χ1) is 12.7. The van der Waals surface area contributed by atoms with Crippen LogP contribution in [0.25, 0.3) is 0 Å². The number of hydrogen-bond acceptors (Lipinski definition) is 1. The highest BCUT2D eigenvalue weighted by molar-refractivity contribution is 5.70. The molecule has 1 aromatic carbocycles. The lowest BCUT2D eigenvalue weighted by Crippen LogP contribution is -2.20. The van der Waals surface area contributed by atoms with Crippen LogP contribution in [0.2, 0.25) is 0 Å². The molecule has 0 saturated heterocycles. The van der Waals surface area contributed by atoms with E-state index in [1.807, 2.05) is 0 Å². The molecule has 3 rings (SSSR count). The van der Waals surface area contributed by atoms with Crippen molar-refractivity contribution in [2.75, 3.05) is 0 Å². The summed E-state index contributed by atoms with van der Waals surface area (Å²) in [5, 5.41) is 9.15. The van der Waals surface area contributed by atoms with Crippen molar-refractivity contribution in [3.05, 3.63) is 35.4 Å². The highest BCUT2D eigenvalue weighted by Crippen LogP contribution is 2.39. The topological polar surface area (TPSA) is 37.3 Å². The summed E-state index contributed by atoms with van der Waals surface area (Å²) in [6.45, 7) is 2.29. The van der Waals surface area contributed by atoms with Gasteiger partial charge in [-0.25, -0.2) is 0 Å². The van der Waals surface area contributed by atoms with Crippen LogP contribution in [0.15, 0.2) is 24.3 Å². The second-order valence-corrected chi connectivity index (χ2v) is 8.77. The zero-order valence-electron chi connectivity index (χ0n) is 16.5. The first kappa shape index (κ1) is 19.5. The minimum atomic E-state index is -0.607. The number of unbranched alkanes of at least 4 members (excludes halogenated alkanes) is 2. The van der Waals surface area contributed by atoms with Crippen LogP contribution in [0.1, 0.15) is 107 Å². The molecule has 26 heavy (non-hydrogen) atoms. The van der Waals surface area contributed by atoms with Crippen molar-refractivity contribution in [2.45, 2.75) is 95.8 Å². The predicted molar refractivity (Wildman–Crippen MR) is 108 cm³/mol. The summed E-state index contributed by atoms with van der Waals surface area (Å²) in [5.41, 5.74) is 2.95. The molecule has 2 aliphatic rings. The molecule has 0 spiro atoms. The van der Waals surface area contributed by atoms with Gasteiger partial charge in [-0.15, -0.1) is 0 Å². The molecule has 1 N–H and O–H groups in total. The third-order valence-electron chi connectivity index (χ3n) is 7.02. The second kappa shape index (κ2) is 9.58. The molecule has 1 aromatic rings. The maximum absolute atomic E-state index is 11.1. The lowest BCUT2D eigenvalue weighted by molar-refractivity contribution is -0.142. The Morgan fingerprint density at radius 1 is 0.846 bits per heavy atom. The lowest BCUT2D eigenvalue weighted by Gasteiger charge is -2.30. The molecule has 0 aliphatic heterocycles. The van der Waals surface area contributed by atoms with Crippen molar-refractivity contribution >= 4 is 5.97 Å². The molecule has 2 heteroatoms. The minimum absolute atomic E-state index is 0.113. The van der Waals surface area contributed by atoms with E-state index in [1.165, 1.54) is 62.5 Å². The van der Waals surface area contributed by atoms with Gasteiger partial charge in [0.25, 0.3) is 0 Å². The number of hydrogen-bond donors (Lipinski definition) is 1. The Kier molecular flexibility index (Phi) is 7.16. The average molecular weight is 357 g/mol. The summed E-state index contributed by atoms with van der Waals surface area (Å²) < 4.78 is 0. The molecule has 144 valence electrons. The summed E-state index contributed by atoms with van der Waals surface area (Å²) in [5.74, 6) is 1.58. The van der Waals surface area contributed by atoms with Gasteiger partial charge in [0.1, 0.15) is 0 Å². The van der Waals surface area contributed by atoms with Crippen molar-refractivity contribution < 1.29 is 9.90 Å². The first-order valence-corrected chi connectivity index (χ1v) is 11.0. The molecule has 0 unspecified atom stereocenters. The predicted octanol–water partition coefficient (Wildman–Crippen LogP) is 6.90. The largest absolute Gasteiger partial charge is 0.481 e. The van der Waals surface area contributed by atoms with Crippen LogP contribution < -0.4 is 0 Å². The number of carbonyl (C=O) groups is 1. The van der Waals surface area contributed by atoms with Crippen molar-refractivity contribution in [1.82, 2.24) is 0 Å². The van der Waals surface area contributed by atoms with Gasteiger partial charge in [-0.2, -0.15) is 0 Å². The van der Waals surface area contributed by atoms with Crippen LogP contribution in [0, 0.1) is 11.8 Å². The molecule has 2 nitrogen and oxygen atoms in total. The van der Waals surface area contributed by atoms with E-state index in [2.05, 4.69) is 31.2 Å². The zero-order valence-corrected chi connectivity index (χ0v) is 16.5. The smallest absolute Gasteiger partial charge is 0.306 e. The zero-order chi connectivity index (χ0) is 18.4. The second-order valence-electron chi connectivity index (χ2n) is 8.77. The van der Waals surface area contributed by atoms with E-state index >= 15 is 0 Å². The maximum Gasteiger partial charge on any atom is 0.306 e. The van der Waals surface area contributed by atoms with Gasteiger partial charge in [-0.1, -0.05) is 56.9 Å². The highest BCUT2D eigenvalue weighted by atomic mass is 16.4. The Morgan fingerprint density at radius 3 is 1.81 bits per heavy atom. The highest BCUT2D eigenvalue weighted by Gasteiger charge is 2.27. The Bertz CT molecular complexity index is 546. The van der Waals surface area contributed by atoms with Gasteiger partial charge < -0.3 is 5.11 Å². The molecule has 2 saturated carbocycles. The van der Waals surface area contributed by atoms with E-state index in [0.29, 0.717) is 5.92 Å². The van der Waals surface area contributed by atoms with Crippen molar-refractivity contribution in [3.8, 4) is 0 Å². The van der Waals surface area contributed by atoms with E-state index in [0.717, 1.165) is 37.5 Å². The number of benzene rings is 1. The minimum Gasteiger partial charge on any atom is -0.481 e. The summed E-state index contributed by atoms with van der Waals surface area (Å²) in [4.78, 5) is 11.1. The van der Waals surface area contributed by atoms with E-state index < -0.39 is 5.97 Å². The van der Waals surface area contributed by atoms with E-state index in [1.54, 1.807) is 0 Å². The van der Waals surface area contributed by atoms with Gasteiger partial charge in [-0.05, 0) is 80.2 Å².